The number of amides is 1. The van der Waals surface area contributed by atoms with Crippen LogP contribution in [0.1, 0.15) is 44.9 Å². The molecular formula is C13H22N2O3. The fourth-order valence-electron chi connectivity index (χ4n) is 3.09. The number of aliphatic carboxylic acids is 1. The lowest BCUT2D eigenvalue weighted by Gasteiger charge is -2.40. The summed E-state index contributed by atoms with van der Waals surface area (Å²) in [7, 11) is 0. The number of carboxylic acid groups (broad SMARTS) is 1. The summed E-state index contributed by atoms with van der Waals surface area (Å²) < 4.78 is 0. The molecule has 2 atom stereocenters. The van der Waals surface area contributed by atoms with Crippen LogP contribution in [0.4, 0.5) is 0 Å². The molecule has 0 aliphatic heterocycles. The van der Waals surface area contributed by atoms with E-state index in [-0.39, 0.29) is 23.3 Å². The molecule has 18 heavy (non-hydrogen) atoms. The van der Waals surface area contributed by atoms with Gasteiger partial charge in [0.25, 0.3) is 0 Å². The van der Waals surface area contributed by atoms with Gasteiger partial charge in [-0.2, -0.15) is 0 Å². The van der Waals surface area contributed by atoms with E-state index in [0.29, 0.717) is 25.8 Å². The molecule has 5 heteroatoms. The van der Waals surface area contributed by atoms with Crippen LogP contribution in [0.5, 0.6) is 0 Å². The van der Waals surface area contributed by atoms with E-state index in [4.69, 9.17) is 10.8 Å². The van der Waals surface area contributed by atoms with Gasteiger partial charge in [0.15, 0.2) is 0 Å². The first-order valence-electron chi connectivity index (χ1n) is 6.77. The van der Waals surface area contributed by atoms with Gasteiger partial charge in [-0.05, 0) is 44.1 Å². The second-order valence-electron chi connectivity index (χ2n) is 5.85. The Bertz CT molecular complexity index is 334. The molecule has 0 spiro atoms. The molecule has 0 aromatic heterocycles. The molecule has 0 aromatic carbocycles. The molecule has 2 fully saturated rings. The zero-order chi connectivity index (χ0) is 13.2. The summed E-state index contributed by atoms with van der Waals surface area (Å²) in [5, 5.41) is 11.9. The van der Waals surface area contributed by atoms with Crippen LogP contribution in [-0.4, -0.2) is 29.6 Å². The quantitative estimate of drug-likeness (QED) is 0.679. The molecule has 0 bridgehead atoms. The first-order valence-corrected chi connectivity index (χ1v) is 6.77. The van der Waals surface area contributed by atoms with Gasteiger partial charge >= 0.3 is 5.97 Å². The summed E-state index contributed by atoms with van der Waals surface area (Å²) in [6.07, 6.45) is 5.75. The van der Waals surface area contributed by atoms with Crippen molar-refractivity contribution in [1.82, 2.24) is 5.32 Å². The summed E-state index contributed by atoms with van der Waals surface area (Å²) in [5.74, 6) is -0.997. The van der Waals surface area contributed by atoms with Gasteiger partial charge in [0, 0.05) is 12.5 Å². The van der Waals surface area contributed by atoms with Crippen molar-refractivity contribution in [3.05, 3.63) is 0 Å². The van der Waals surface area contributed by atoms with Gasteiger partial charge < -0.3 is 16.2 Å². The molecule has 0 saturated heterocycles. The fourth-order valence-corrected chi connectivity index (χ4v) is 3.09. The molecule has 1 amide bonds. The molecule has 2 rings (SSSR count). The number of hydrogen-bond donors (Lipinski definition) is 3. The Morgan fingerprint density at radius 1 is 1.33 bits per heavy atom. The molecule has 102 valence electrons. The standard InChI is InChI=1S/C13H22N2O3/c14-8-13(4-1-5-13)7-11(16)15-10-3-2-9(6-10)12(17)18/h9-10H,1-8,14H2,(H,15,16)(H,17,18). The molecule has 2 unspecified atom stereocenters. The zero-order valence-electron chi connectivity index (χ0n) is 10.7. The van der Waals surface area contributed by atoms with Crippen LogP contribution in [0, 0.1) is 11.3 Å². The third kappa shape index (κ3) is 2.83. The molecular weight excluding hydrogens is 232 g/mol. The minimum absolute atomic E-state index is 0.0227. The van der Waals surface area contributed by atoms with E-state index in [2.05, 4.69) is 5.32 Å². The number of carbonyl (C=O) groups excluding carboxylic acids is 1. The van der Waals surface area contributed by atoms with Gasteiger partial charge in [-0.3, -0.25) is 9.59 Å². The largest absolute Gasteiger partial charge is 0.481 e. The maximum atomic E-state index is 11.9. The molecule has 2 saturated carbocycles. The van der Waals surface area contributed by atoms with Crippen molar-refractivity contribution in [1.29, 1.82) is 0 Å². The molecule has 0 radical (unpaired) electrons. The SMILES string of the molecule is NCC1(CC(=O)NC2CCC(C(=O)O)C2)CCC1. The summed E-state index contributed by atoms with van der Waals surface area (Å²) in [6.45, 7) is 0.572. The minimum Gasteiger partial charge on any atom is -0.481 e. The van der Waals surface area contributed by atoms with Gasteiger partial charge in [-0.1, -0.05) is 6.42 Å². The topological polar surface area (TPSA) is 92.4 Å². The Balaban J connectivity index is 1.77. The molecule has 2 aliphatic rings. The van der Waals surface area contributed by atoms with Crippen molar-refractivity contribution in [2.75, 3.05) is 6.54 Å². The molecule has 4 N–H and O–H groups in total. The second-order valence-corrected chi connectivity index (χ2v) is 5.85. The van der Waals surface area contributed by atoms with Crippen molar-refractivity contribution in [2.45, 2.75) is 51.0 Å². The van der Waals surface area contributed by atoms with E-state index >= 15 is 0 Å². The first-order chi connectivity index (χ1) is 8.54. The highest BCUT2D eigenvalue weighted by molar-refractivity contribution is 5.77. The van der Waals surface area contributed by atoms with Crippen LogP contribution in [0.25, 0.3) is 0 Å². The highest BCUT2D eigenvalue weighted by atomic mass is 16.4. The molecule has 0 heterocycles. The number of nitrogens with two attached hydrogens (primary N) is 1. The number of carboxylic acids is 1. The van der Waals surface area contributed by atoms with Crippen molar-refractivity contribution in [2.24, 2.45) is 17.1 Å². The van der Waals surface area contributed by atoms with Crippen molar-refractivity contribution in [3.63, 3.8) is 0 Å². The van der Waals surface area contributed by atoms with E-state index in [1.165, 1.54) is 0 Å². The van der Waals surface area contributed by atoms with Crippen LogP contribution in [0.3, 0.4) is 0 Å². The first kappa shape index (κ1) is 13.3. The average Bonchev–Trinajstić information content (AvgIpc) is 2.72. The Kier molecular flexibility index (Phi) is 3.90. The van der Waals surface area contributed by atoms with Crippen LogP contribution >= 0.6 is 0 Å². The van der Waals surface area contributed by atoms with Crippen LogP contribution < -0.4 is 11.1 Å². The van der Waals surface area contributed by atoms with Gasteiger partial charge in [0.2, 0.25) is 5.91 Å². The Hall–Kier alpha value is -1.10. The number of rotatable bonds is 5. The van der Waals surface area contributed by atoms with Gasteiger partial charge in [-0.15, -0.1) is 0 Å². The second kappa shape index (κ2) is 5.26. The molecule has 2 aliphatic carbocycles. The lowest BCUT2D eigenvalue weighted by Crippen LogP contribution is -2.43. The monoisotopic (exact) mass is 254 g/mol. The highest BCUT2D eigenvalue weighted by Crippen LogP contribution is 2.42. The summed E-state index contributed by atoms with van der Waals surface area (Å²) in [6, 6.07) is 0.0356. The normalized spacial score (nSPS) is 29.6. The number of carbonyl (C=O) groups is 2. The van der Waals surface area contributed by atoms with E-state index in [0.717, 1.165) is 25.7 Å². The van der Waals surface area contributed by atoms with Crippen LogP contribution in [0.15, 0.2) is 0 Å². The van der Waals surface area contributed by atoms with E-state index < -0.39 is 5.97 Å². The van der Waals surface area contributed by atoms with Crippen molar-refractivity contribution >= 4 is 11.9 Å². The van der Waals surface area contributed by atoms with Crippen LogP contribution in [0.2, 0.25) is 0 Å². The number of nitrogens with one attached hydrogen (secondary N) is 1. The predicted octanol–water partition coefficient (Wildman–Crippen LogP) is 0.875. The lowest BCUT2D eigenvalue weighted by atomic mass is 9.66. The third-order valence-electron chi connectivity index (χ3n) is 4.53. The smallest absolute Gasteiger partial charge is 0.306 e. The minimum atomic E-state index is -0.746. The van der Waals surface area contributed by atoms with Gasteiger partial charge in [0.1, 0.15) is 0 Å². The zero-order valence-corrected chi connectivity index (χ0v) is 10.7. The number of hydrogen-bond acceptors (Lipinski definition) is 3. The predicted molar refractivity (Wildman–Crippen MR) is 66.9 cm³/mol. The van der Waals surface area contributed by atoms with Crippen molar-refractivity contribution < 1.29 is 14.7 Å². The lowest BCUT2D eigenvalue weighted by molar-refractivity contribution is -0.141. The summed E-state index contributed by atoms with van der Waals surface area (Å²) in [4.78, 5) is 22.8. The summed E-state index contributed by atoms with van der Waals surface area (Å²) >= 11 is 0. The van der Waals surface area contributed by atoms with Gasteiger partial charge in [-0.25, -0.2) is 0 Å². The Morgan fingerprint density at radius 3 is 2.50 bits per heavy atom. The molecule has 0 aromatic rings. The van der Waals surface area contributed by atoms with E-state index in [1.54, 1.807) is 0 Å². The maximum absolute atomic E-state index is 11.9. The fraction of sp³-hybridized carbons (Fsp3) is 0.846. The third-order valence-corrected chi connectivity index (χ3v) is 4.53. The Morgan fingerprint density at radius 2 is 2.06 bits per heavy atom. The van der Waals surface area contributed by atoms with E-state index in [1.807, 2.05) is 0 Å². The highest BCUT2D eigenvalue weighted by Gasteiger charge is 2.38. The maximum Gasteiger partial charge on any atom is 0.306 e. The summed E-state index contributed by atoms with van der Waals surface area (Å²) in [5.41, 5.74) is 5.75. The Labute approximate surface area is 107 Å². The van der Waals surface area contributed by atoms with Crippen molar-refractivity contribution in [3.8, 4) is 0 Å². The van der Waals surface area contributed by atoms with Gasteiger partial charge in [0.05, 0.1) is 5.92 Å². The van der Waals surface area contributed by atoms with E-state index in [9.17, 15) is 9.59 Å². The molecule has 5 nitrogen and oxygen atoms in total. The average molecular weight is 254 g/mol. The van der Waals surface area contributed by atoms with Crippen LogP contribution in [-0.2, 0) is 9.59 Å².